The first-order valence-electron chi connectivity index (χ1n) is 16.4. The monoisotopic (exact) mass is 816 g/mol. The highest BCUT2D eigenvalue weighted by atomic mass is 32.2. The van der Waals surface area contributed by atoms with E-state index in [4.69, 9.17) is 0 Å². The molecule has 5 N–H and O–H groups in total. The second-order valence-corrected chi connectivity index (χ2v) is 16.4. The van der Waals surface area contributed by atoms with Gasteiger partial charge in [-0.3, -0.25) is 13.7 Å². The van der Waals surface area contributed by atoms with Gasteiger partial charge in [0.25, 0.3) is 30.4 Å². The second-order valence-electron chi connectivity index (χ2n) is 12.2. The van der Waals surface area contributed by atoms with Gasteiger partial charge < -0.3 is 10.6 Å². The smallest absolute Gasteiger partial charge is 0.295 e. The van der Waals surface area contributed by atoms with E-state index in [1.807, 2.05) is 0 Å². The van der Waals surface area contributed by atoms with Crippen molar-refractivity contribution in [1.29, 1.82) is 0 Å². The highest BCUT2D eigenvalue weighted by Gasteiger charge is 2.18. The van der Waals surface area contributed by atoms with Crippen molar-refractivity contribution >= 4 is 65.8 Å². The number of hydrogen-bond acceptors (Lipinski definition) is 14. The Labute approximate surface area is 322 Å². The quantitative estimate of drug-likeness (QED) is 0.0736. The predicted octanol–water partition coefficient (Wildman–Crippen LogP) is 5.25. The van der Waals surface area contributed by atoms with E-state index in [0.29, 0.717) is 39.7 Å². The van der Waals surface area contributed by atoms with E-state index in [1.54, 1.807) is 68.5 Å². The maximum absolute atomic E-state index is 12.5. The van der Waals surface area contributed by atoms with Gasteiger partial charge >= 0.3 is 0 Å². The Morgan fingerprint density at radius 3 is 1.79 bits per heavy atom. The topological polar surface area (TPSA) is 265 Å². The van der Waals surface area contributed by atoms with Crippen LogP contribution in [0.2, 0.25) is 0 Å². The molecule has 6 rings (SSSR count). The molecular formula is C36H32N8O9S3. The van der Waals surface area contributed by atoms with Gasteiger partial charge in [0.05, 0.1) is 9.79 Å². The van der Waals surface area contributed by atoms with Crippen LogP contribution in [0.15, 0.2) is 106 Å². The Morgan fingerprint density at radius 1 is 0.554 bits per heavy atom. The first-order valence-corrected chi connectivity index (χ1v) is 20.7. The van der Waals surface area contributed by atoms with Crippen LogP contribution in [-0.4, -0.2) is 68.8 Å². The van der Waals surface area contributed by atoms with E-state index in [1.165, 1.54) is 48.5 Å². The minimum absolute atomic E-state index is 0.0271. The standard InChI is InChI=1S/C36H32N8O9S3/c1-22-37-33(43-36(40-22)42-29-7-5-8-30(21-29)54(45,46)47)19-25-11-15-26(32(18-25)56(51,52)53)14-10-24-12-16-28(17-13-24)41-35-39-23(2)38-34(44-35)20-27-6-3-4-9-31(27)55(48,49)50/h3-18,21H,19-20H2,1-2H3,(H,45,46,47)(H,48,49,50)(H,51,52,53)(H,37,40,42,43)(H,38,39,41,44)/b14-10+. The number of aromatic nitrogens is 6. The van der Waals surface area contributed by atoms with Gasteiger partial charge in [0.1, 0.15) is 28.2 Å². The molecule has 0 aliphatic heterocycles. The summed E-state index contributed by atoms with van der Waals surface area (Å²) >= 11 is 0. The SMILES string of the molecule is Cc1nc(Cc2ccc(/C=C/c3ccc(Nc4nc(C)nc(Cc5ccccc5S(=O)(=O)O)n4)cc3)c(S(=O)(=O)O)c2)nc(Nc2cccc(S(=O)(=O)O)c2)n1. The maximum atomic E-state index is 12.5. The molecular weight excluding hydrogens is 785 g/mol. The van der Waals surface area contributed by atoms with Gasteiger partial charge in [-0.05, 0) is 78.6 Å². The van der Waals surface area contributed by atoms with Gasteiger partial charge in [0.2, 0.25) is 11.9 Å². The van der Waals surface area contributed by atoms with E-state index >= 15 is 0 Å². The van der Waals surface area contributed by atoms with Gasteiger partial charge in [-0.15, -0.1) is 0 Å². The fourth-order valence-corrected chi connectivity index (χ4v) is 7.49. The molecule has 17 nitrogen and oxygen atoms in total. The average Bonchev–Trinajstić information content (AvgIpc) is 3.10. The first kappa shape index (κ1) is 39.7. The molecule has 0 atom stereocenters. The molecule has 4 aromatic carbocycles. The largest absolute Gasteiger partial charge is 0.324 e. The summed E-state index contributed by atoms with van der Waals surface area (Å²) in [5.74, 6) is 1.55. The van der Waals surface area contributed by atoms with Crippen LogP contribution < -0.4 is 10.6 Å². The third-order valence-corrected chi connectivity index (χ3v) is 10.6. The number of aryl methyl sites for hydroxylation is 2. The van der Waals surface area contributed by atoms with Gasteiger partial charge in [-0.2, -0.15) is 45.2 Å². The van der Waals surface area contributed by atoms with E-state index in [9.17, 15) is 38.9 Å². The van der Waals surface area contributed by atoms with Crippen molar-refractivity contribution in [1.82, 2.24) is 29.9 Å². The van der Waals surface area contributed by atoms with E-state index < -0.39 is 30.4 Å². The van der Waals surface area contributed by atoms with E-state index in [2.05, 4.69) is 40.5 Å². The number of hydrogen-bond donors (Lipinski definition) is 5. The Balaban J connectivity index is 1.16. The zero-order valence-corrected chi connectivity index (χ0v) is 31.9. The average molecular weight is 817 g/mol. The molecule has 0 amide bonds. The molecule has 2 heterocycles. The third-order valence-electron chi connectivity index (χ3n) is 7.91. The Kier molecular flexibility index (Phi) is 11.3. The van der Waals surface area contributed by atoms with Gasteiger partial charge in [0.15, 0.2) is 0 Å². The lowest BCUT2D eigenvalue weighted by Gasteiger charge is -2.10. The van der Waals surface area contributed by atoms with Crippen molar-refractivity contribution in [2.45, 2.75) is 41.4 Å². The van der Waals surface area contributed by atoms with Crippen molar-refractivity contribution in [3.8, 4) is 0 Å². The summed E-state index contributed by atoms with van der Waals surface area (Å²) in [5, 5.41) is 5.96. The molecule has 0 saturated carbocycles. The third kappa shape index (κ3) is 10.4. The molecule has 0 fully saturated rings. The zero-order valence-electron chi connectivity index (χ0n) is 29.4. The zero-order chi connectivity index (χ0) is 40.3. The lowest BCUT2D eigenvalue weighted by Crippen LogP contribution is -2.08. The second kappa shape index (κ2) is 16.0. The number of nitrogens with zero attached hydrogens (tertiary/aromatic N) is 6. The Bertz CT molecular complexity index is 2820. The highest BCUT2D eigenvalue weighted by molar-refractivity contribution is 7.86. The summed E-state index contributed by atoms with van der Waals surface area (Å²) in [4.78, 5) is 25.0. The number of anilines is 4. The summed E-state index contributed by atoms with van der Waals surface area (Å²) in [6, 6.07) is 22.9. The van der Waals surface area contributed by atoms with Gasteiger partial charge in [0, 0.05) is 24.2 Å². The predicted molar refractivity (Wildman–Crippen MR) is 205 cm³/mol. The molecule has 0 bridgehead atoms. The Morgan fingerprint density at radius 2 is 1.16 bits per heavy atom. The molecule has 20 heteroatoms. The summed E-state index contributed by atoms with van der Waals surface area (Å²) in [6.45, 7) is 3.28. The fraction of sp³-hybridized carbons (Fsp3) is 0.111. The molecule has 288 valence electrons. The van der Waals surface area contributed by atoms with Crippen LogP contribution in [0.4, 0.5) is 23.3 Å². The van der Waals surface area contributed by atoms with E-state index in [-0.39, 0.29) is 56.6 Å². The summed E-state index contributed by atoms with van der Waals surface area (Å²) < 4.78 is 101. The minimum atomic E-state index is -4.66. The summed E-state index contributed by atoms with van der Waals surface area (Å²) in [5.41, 5.74) is 2.60. The van der Waals surface area contributed by atoms with Crippen molar-refractivity contribution in [2.24, 2.45) is 0 Å². The van der Waals surface area contributed by atoms with Crippen molar-refractivity contribution in [2.75, 3.05) is 10.6 Å². The molecule has 0 unspecified atom stereocenters. The molecule has 0 radical (unpaired) electrons. The Hall–Kier alpha value is -6.03. The lowest BCUT2D eigenvalue weighted by atomic mass is 10.1. The summed E-state index contributed by atoms with van der Waals surface area (Å²) in [6.07, 6.45) is 3.29. The van der Waals surface area contributed by atoms with Gasteiger partial charge in [-0.25, -0.2) is 9.97 Å². The molecule has 56 heavy (non-hydrogen) atoms. The highest BCUT2D eigenvalue weighted by Crippen LogP contribution is 2.24. The van der Waals surface area contributed by atoms with Crippen LogP contribution in [0.5, 0.6) is 0 Å². The van der Waals surface area contributed by atoms with Crippen molar-refractivity contribution in [3.05, 3.63) is 137 Å². The number of rotatable bonds is 13. The molecule has 0 aliphatic carbocycles. The van der Waals surface area contributed by atoms with Crippen LogP contribution in [0.25, 0.3) is 12.2 Å². The van der Waals surface area contributed by atoms with Crippen LogP contribution in [0, 0.1) is 13.8 Å². The van der Waals surface area contributed by atoms with Crippen LogP contribution >= 0.6 is 0 Å². The van der Waals surface area contributed by atoms with Crippen molar-refractivity contribution < 1.29 is 38.9 Å². The molecule has 6 aromatic rings. The number of benzene rings is 4. The van der Waals surface area contributed by atoms with Crippen molar-refractivity contribution in [3.63, 3.8) is 0 Å². The lowest BCUT2D eigenvalue weighted by molar-refractivity contribution is 0.480. The van der Waals surface area contributed by atoms with Crippen LogP contribution in [-0.2, 0) is 43.2 Å². The number of nitrogens with one attached hydrogen (secondary N) is 2. The van der Waals surface area contributed by atoms with E-state index in [0.717, 1.165) is 0 Å². The van der Waals surface area contributed by atoms with Gasteiger partial charge in [-0.1, -0.05) is 60.7 Å². The first-order chi connectivity index (χ1) is 26.4. The molecule has 2 aromatic heterocycles. The minimum Gasteiger partial charge on any atom is -0.324 e. The van der Waals surface area contributed by atoms with Crippen LogP contribution in [0.3, 0.4) is 0 Å². The maximum Gasteiger partial charge on any atom is 0.295 e. The molecule has 0 saturated heterocycles. The normalized spacial score (nSPS) is 12.2. The summed E-state index contributed by atoms with van der Waals surface area (Å²) in [7, 11) is -13.5. The van der Waals surface area contributed by atoms with Crippen LogP contribution in [0.1, 0.15) is 45.6 Å². The fourth-order valence-electron chi connectivity index (χ4n) is 5.50. The molecule has 0 aliphatic rings. The molecule has 0 spiro atoms.